The second kappa shape index (κ2) is 8.06. The summed E-state index contributed by atoms with van der Waals surface area (Å²) >= 11 is 1.49. The second-order valence-corrected chi connectivity index (χ2v) is 8.98. The van der Waals surface area contributed by atoms with E-state index in [1.54, 1.807) is 7.05 Å². The highest BCUT2D eigenvalue weighted by molar-refractivity contribution is 8.00. The fourth-order valence-corrected chi connectivity index (χ4v) is 4.85. The van der Waals surface area contributed by atoms with Crippen molar-refractivity contribution in [1.29, 1.82) is 0 Å². The Bertz CT molecular complexity index is 544. The smallest absolute Gasteiger partial charge is 0.214 e. The summed E-state index contributed by atoms with van der Waals surface area (Å²) in [6.07, 6.45) is 0.870. The van der Waals surface area contributed by atoms with Crippen molar-refractivity contribution < 1.29 is 8.42 Å². The van der Waals surface area contributed by atoms with Gasteiger partial charge in [-0.15, -0.1) is 11.8 Å². The van der Waals surface area contributed by atoms with Gasteiger partial charge in [0.2, 0.25) is 10.0 Å². The molecule has 0 bridgehead atoms. The standard InChI is InChI=1S/C15H26N2O2S2/c1-12(2)11-13(3)17(4)21(18,19)10-9-20-15-8-6-5-7-14(15)16/h5-8,12-13H,9-11,16H2,1-4H3. The zero-order valence-electron chi connectivity index (χ0n) is 13.2. The van der Waals surface area contributed by atoms with Crippen LogP contribution in [0.3, 0.4) is 0 Å². The molecule has 4 nitrogen and oxygen atoms in total. The van der Waals surface area contributed by atoms with Gasteiger partial charge in [-0.1, -0.05) is 26.0 Å². The SMILES string of the molecule is CC(C)CC(C)N(C)S(=O)(=O)CCSc1ccccc1N. The fraction of sp³-hybridized carbons (Fsp3) is 0.600. The molecule has 1 aromatic carbocycles. The Hall–Kier alpha value is -0.720. The second-order valence-electron chi connectivity index (χ2n) is 5.70. The Labute approximate surface area is 133 Å². The maximum absolute atomic E-state index is 12.3. The molecule has 1 aromatic rings. The Kier molecular flexibility index (Phi) is 7.03. The zero-order chi connectivity index (χ0) is 16.0. The van der Waals surface area contributed by atoms with Crippen LogP contribution in [0.4, 0.5) is 5.69 Å². The van der Waals surface area contributed by atoms with Gasteiger partial charge in [0, 0.05) is 29.4 Å². The molecule has 120 valence electrons. The molecule has 0 aliphatic heterocycles. The van der Waals surface area contributed by atoms with Crippen LogP contribution in [0.2, 0.25) is 0 Å². The van der Waals surface area contributed by atoms with Crippen LogP contribution in [-0.4, -0.2) is 37.3 Å². The number of hydrogen-bond acceptors (Lipinski definition) is 4. The molecule has 0 aromatic heterocycles. The molecule has 2 N–H and O–H groups in total. The van der Waals surface area contributed by atoms with Gasteiger partial charge in [0.25, 0.3) is 0 Å². The summed E-state index contributed by atoms with van der Waals surface area (Å²) in [4.78, 5) is 0.936. The van der Waals surface area contributed by atoms with Crippen molar-refractivity contribution in [3.05, 3.63) is 24.3 Å². The van der Waals surface area contributed by atoms with Gasteiger partial charge in [0.15, 0.2) is 0 Å². The third-order valence-corrected chi connectivity index (χ3v) is 6.70. The molecule has 0 heterocycles. The monoisotopic (exact) mass is 330 g/mol. The molecule has 1 rings (SSSR count). The molecule has 0 spiro atoms. The molecule has 0 saturated carbocycles. The molecule has 0 aliphatic rings. The number of thioether (sulfide) groups is 1. The van der Waals surface area contributed by atoms with E-state index in [9.17, 15) is 8.42 Å². The Morgan fingerprint density at radius 2 is 1.86 bits per heavy atom. The molecule has 1 atom stereocenters. The average Bonchev–Trinajstić information content (AvgIpc) is 2.39. The number of nitrogens with zero attached hydrogens (tertiary/aromatic N) is 1. The molecule has 0 radical (unpaired) electrons. The Morgan fingerprint density at radius 1 is 1.24 bits per heavy atom. The van der Waals surface area contributed by atoms with Crippen LogP contribution >= 0.6 is 11.8 Å². The van der Waals surface area contributed by atoms with Crippen LogP contribution < -0.4 is 5.73 Å². The first-order valence-electron chi connectivity index (χ1n) is 7.17. The molecule has 0 saturated heterocycles. The lowest BCUT2D eigenvalue weighted by Gasteiger charge is -2.25. The number of sulfonamides is 1. The van der Waals surface area contributed by atoms with Crippen molar-refractivity contribution in [2.75, 3.05) is 24.3 Å². The largest absolute Gasteiger partial charge is 0.398 e. The molecule has 0 aliphatic carbocycles. The van der Waals surface area contributed by atoms with Crippen LogP contribution in [0.5, 0.6) is 0 Å². The number of hydrogen-bond donors (Lipinski definition) is 1. The third-order valence-electron chi connectivity index (χ3n) is 3.39. The van der Waals surface area contributed by atoms with Crippen LogP contribution in [-0.2, 0) is 10.0 Å². The topological polar surface area (TPSA) is 63.4 Å². The lowest BCUT2D eigenvalue weighted by molar-refractivity contribution is 0.338. The van der Waals surface area contributed by atoms with Crippen LogP contribution in [0.1, 0.15) is 27.2 Å². The maximum atomic E-state index is 12.3. The Morgan fingerprint density at radius 3 is 2.43 bits per heavy atom. The molecule has 1 unspecified atom stereocenters. The summed E-state index contributed by atoms with van der Waals surface area (Å²) in [6.45, 7) is 6.16. The minimum Gasteiger partial charge on any atom is -0.398 e. The van der Waals surface area contributed by atoms with Gasteiger partial charge in [-0.25, -0.2) is 12.7 Å². The van der Waals surface area contributed by atoms with Gasteiger partial charge < -0.3 is 5.73 Å². The molecule has 21 heavy (non-hydrogen) atoms. The summed E-state index contributed by atoms with van der Waals surface area (Å²) < 4.78 is 26.1. The summed E-state index contributed by atoms with van der Waals surface area (Å²) in [7, 11) is -1.55. The number of rotatable bonds is 8. The van der Waals surface area contributed by atoms with Crippen LogP contribution in [0.15, 0.2) is 29.2 Å². The van der Waals surface area contributed by atoms with E-state index in [0.717, 1.165) is 11.3 Å². The van der Waals surface area contributed by atoms with E-state index >= 15 is 0 Å². The van der Waals surface area contributed by atoms with E-state index in [2.05, 4.69) is 13.8 Å². The van der Waals surface area contributed by atoms with E-state index in [1.165, 1.54) is 16.1 Å². The number of nitrogens with two attached hydrogens (primary N) is 1. The predicted octanol–water partition coefficient (Wildman–Crippen LogP) is 3.06. The highest BCUT2D eigenvalue weighted by Crippen LogP contribution is 2.25. The highest BCUT2D eigenvalue weighted by atomic mass is 32.2. The quantitative estimate of drug-likeness (QED) is 0.588. The predicted molar refractivity (Wildman–Crippen MR) is 92.0 cm³/mol. The van der Waals surface area contributed by atoms with Crippen molar-refractivity contribution in [1.82, 2.24) is 4.31 Å². The minimum atomic E-state index is -3.22. The van der Waals surface area contributed by atoms with Crippen molar-refractivity contribution >= 4 is 27.5 Å². The summed E-state index contributed by atoms with van der Waals surface area (Å²) in [5, 5.41) is 0. The van der Waals surface area contributed by atoms with Gasteiger partial charge in [-0.05, 0) is 31.4 Å². The first kappa shape index (κ1) is 18.3. The molecular weight excluding hydrogens is 304 g/mol. The van der Waals surface area contributed by atoms with E-state index < -0.39 is 10.0 Å². The van der Waals surface area contributed by atoms with Gasteiger partial charge in [0.1, 0.15) is 0 Å². The van der Waals surface area contributed by atoms with Crippen molar-refractivity contribution in [3.8, 4) is 0 Å². The van der Waals surface area contributed by atoms with Gasteiger partial charge in [0.05, 0.1) is 5.75 Å². The van der Waals surface area contributed by atoms with Gasteiger partial charge >= 0.3 is 0 Å². The molecular formula is C15H26N2O2S2. The first-order valence-corrected chi connectivity index (χ1v) is 9.76. The number of para-hydroxylation sites is 1. The highest BCUT2D eigenvalue weighted by Gasteiger charge is 2.23. The summed E-state index contributed by atoms with van der Waals surface area (Å²) in [6, 6.07) is 7.55. The van der Waals surface area contributed by atoms with E-state index in [4.69, 9.17) is 5.73 Å². The lowest BCUT2D eigenvalue weighted by atomic mass is 10.1. The van der Waals surface area contributed by atoms with Crippen LogP contribution in [0, 0.1) is 5.92 Å². The minimum absolute atomic E-state index is 0.0294. The number of benzene rings is 1. The normalized spacial score (nSPS) is 13.8. The zero-order valence-corrected chi connectivity index (χ0v) is 14.9. The summed E-state index contributed by atoms with van der Waals surface area (Å²) in [5.41, 5.74) is 6.55. The van der Waals surface area contributed by atoms with Crippen molar-refractivity contribution in [2.45, 2.75) is 38.1 Å². The first-order chi connectivity index (χ1) is 9.74. The number of nitrogen functional groups attached to an aromatic ring is 1. The molecule has 0 amide bonds. The molecule has 6 heteroatoms. The van der Waals surface area contributed by atoms with E-state index in [0.29, 0.717) is 17.4 Å². The fourth-order valence-electron chi connectivity index (χ4n) is 2.12. The van der Waals surface area contributed by atoms with Crippen molar-refractivity contribution in [3.63, 3.8) is 0 Å². The van der Waals surface area contributed by atoms with Crippen LogP contribution in [0.25, 0.3) is 0 Å². The molecule has 0 fully saturated rings. The summed E-state index contributed by atoms with van der Waals surface area (Å²) in [5.74, 6) is 1.12. The van der Waals surface area contributed by atoms with E-state index in [1.807, 2.05) is 31.2 Å². The van der Waals surface area contributed by atoms with E-state index in [-0.39, 0.29) is 11.8 Å². The van der Waals surface area contributed by atoms with Crippen molar-refractivity contribution in [2.24, 2.45) is 5.92 Å². The Balaban J connectivity index is 2.55. The average molecular weight is 331 g/mol. The third kappa shape index (κ3) is 5.88. The number of anilines is 1. The maximum Gasteiger partial charge on any atom is 0.214 e. The van der Waals surface area contributed by atoms with Gasteiger partial charge in [-0.3, -0.25) is 0 Å². The van der Waals surface area contributed by atoms with Gasteiger partial charge in [-0.2, -0.15) is 0 Å². The lowest BCUT2D eigenvalue weighted by Crippen LogP contribution is -2.37.